The zero-order valence-electron chi connectivity index (χ0n) is 13.1. The van der Waals surface area contributed by atoms with E-state index in [0.717, 1.165) is 24.9 Å². The average Bonchev–Trinajstić information content (AvgIpc) is 3.34. The quantitative estimate of drug-likeness (QED) is 0.740. The third-order valence-corrected chi connectivity index (χ3v) is 4.26. The highest BCUT2D eigenvalue weighted by molar-refractivity contribution is 5.93. The van der Waals surface area contributed by atoms with E-state index in [-0.39, 0.29) is 11.9 Å². The summed E-state index contributed by atoms with van der Waals surface area (Å²) in [6, 6.07) is 7.48. The molecule has 4 heterocycles. The molecular weight excluding hydrogens is 306 g/mol. The second kappa shape index (κ2) is 6.27. The van der Waals surface area contributed by atoms with Gasteiger partial charge in [-0.3, -0.25) is 14.5 Å². The fourth-order valence-corrected chi connectivity index (χ4v) is 3.03. The number of piperidine rings is 1. The molecule has 122 valence electrons. The lowest BCUT2D eigenvalue weighted by atomic mass is 10.1. The molecule has 7 nitrogen and oxygen atoms in total. The molecule has 0 radical (unpaired) electrons. The minimum Gasteiger partial charge on any atom is -0.355 e. The Bertz CT molecular complexity index is 813. The Hall–Kier alpha value is -2.96. The van der Waals surface area contributed by atoms with Crippen LogP contribution in [0.15, 0.2) is 53.6 Å². The van der Waals surface area contributed by atoms with Gasteiger partial charge in [-0.2, -0.15) is 5.10 Å². The van der Waals surface area contributed by atoms with Crippen molar-refractivity contribution in [3.63, 3.8) is 0 Å². The Morgan fingerprint density at radius 3 is 3.04 bits per heavy atom. The van der Waals surface area contributed by atoms with Gasteiger partial charge in [0.1, 0.15) is 0 Å². The van der Waals surface area contributed by atoms with Gasteiger partial charge < -0.3 is 9.42 Å². The molecule has 1 atom stereocenters. The van der Waals surface area contributed by atoms with Crippen LogP contribution in [0.2, 0.25) is 0 Å². The first-order chi connectivity index (χ1) is 11.8. The number of nitrogens with zero attached hydrogens (tertiary/aromatic N) is 5. The normalized spacial score (nSPS) is 17.8. The summed E-state index contributed by atoms with van der Waals surface area (Å²) in [5.41, 5.74) is 1.13. The van der Waals surface area contributed by atoms with E-state index in [9.17, 15) is 4.79 Å². The van der Waals surface area contributed by atoms with E-state index >= 15 is 0 Å². The topological polar surface area (TPSA) is 77.0 Å². The van der Waals surface area contributed by atoms with Gasteiger partial charge in [-0.1, -0.05) is 5.16 Å². The molecule has 0 aliphatic carbocycles. The molecule has 1 fully saturated rings. The molecule has 4 rings (SSSR count). The molecule has 3 aromatic heterocycles. The number of hydrogen-bond acceptors (Lipinski definition) is 5. The summed E-state index contributed by atoms with van der Waals surface area (Å²) in [6.07, 6.45) is 9.04. The lowest BCUT2D eigenvalue weighted by molar-refractivity contribution is 0.0662. The molecule has 0 saturated carbocycles. The van der Waals surface area contributed by atoms with Crippen LogP contribution in [0.3, 0.4) is 0 Å². The van der Waals surface area contributed by atoms with Crippen molar-refractivity contribution in [3.05, 3.63) is 54.7 Å². The summed E-state index contributed by atoms with van der Waals surface area (Å²) < 4.78 is 7.23. The smallest absolute Gasteiger partial charge is 0.276 e. The maximum absolute atomic E-state index is 12.7. The van der Waals surface area contributed by atoms with Gasteiger partial charge in [0.25, 0.3) is 5.91 Å². The molecule has 7 heteroatoms. The van der Waals surface area contributed by atoms with E-state index in [0.29, 0.717) is 18.0 Å². The fourth-order valence-electron chi connectivity index (χ4n) is 3.03. The van der Waals surface area contributed by atoms with Crippen LogP contribution in [0.1, 0.15) is 29.4 Å². The molecule has 1 saturated heterocycles. The third-order valence-electron chi connectivity index (χ3n) is 4.26. The van der Waals surface area contributed by atoms with Crippen molar-refractivity contribution in [2.45, 2.75) is 18.9 Å². The Kier molecular flexibility index (Phi) is 3.82. The molecule has 0 bridgehead atoms. The monoisotopic (exact) mass is 323 g/mol. The van der Waals surface area contributed by atoms with Gasteiger partial charge >= 0.3 is 0 Å². The van der Waals surface area contributed by atoms with Crippen molar-refractivity contribution in [1.29, 1.82) is 0 Å². The summed E-state index contributed by atoms with van der Waals surface area (Å²) in [5.74, 6) is 0.442. The molecule has 1 amide bonds. The van der Waals surface area contributed by atoms with E-state index in [1.54, 1.807) is 24.7 Å². The zero-order valence-corrected chi connectivity index (χ0v) is 13.1. The molecule has 1 aliphatic heterocycles. The second-order valence-electron chi connectivity index (χ2n) is 5.85. The van der Waals surface area contributed by atoms with Crippen molar-refractivity contribution in [2.75, 3.05) is 13.1 Å². The number of pyridine rings is 1. The van der Waals surface area contributed by atoms with Gasteiger partial charge in [0.2, 0.25) is 0 Å². The summed E-state index contributed by atoms with van der Waals surface area (Å²) in [7, 11) is 0. The van der Waals surface area contributed by atoms with Crippen LogP contribution >= 0.6 is 0 Å². The van der Waals surface area contributed by atoms with Crippen molar-refractivity contribution >= 4 is 5.91 Å². The van der Waals surface area contributed by atoms with Crippen LogP contribution < -0.4 is 0 Å². The Morgan fingerprint density at radius 2 is 2.25 bits per heavy atom. The van der Waals surface area contributed by atoms with Gasteiger partial charge in [0.05, 0.1) is 6.04 Å². The molecule has 1 aliphatic rings. The van der Waals surface area contributed by atoms with Crippen LogP contribution in [0.5, 0.6) is 0 Å². The van der Waals surface area contributed by atoms with Crippen LogP contribution in [-0.4, -0.2) is 43.8 Å². The molecule has 0 unspecified atom stereocenters. The highest BCUT2D eigenvalue weighted by atomic mass is 16.5. The van der Waals surface area contributed by atoms with Gasteiger partial charge in [0, 0.05) is 49.5 Å². The minimum absolute atomic E-state index is 0.106. The van der Waals surface area contributed by atoms with Crippen molar-refractivity contribution in [1.82, 2.24) is 24.8 Å². The summed E-state index contributed by atoms with van der Waals surface area (Å²) in [5, 5.41) is 8.23. The molecule has 0 N–H and O–H groups in total. The third kappa shape index (κ3) is 2.80. The number of hydrogen-bond donors (Lipinski definition) is 0. The summed E-state index contributed by atoms with van der Waals surface area (Å²) >= 11 is 0. The van der Waals surface area contributed by atoms with Crippen LogP contribution in [0.25, 0.3) is 11.3 Å². The van der Waals surface area contributed by atoms with E-state index in [1.807, 2.05) is 34.0 Å². The van der Waals surface area contributed by atoms with E-state index in [1.165, 1.54) is 0 Å². The Morgan fingerprint density at radius 1 is 1.29 bits per heavy atom. The zero-order chi connectivity index (χ0) is 16.4. The van der Waals surface area contributed by atoms with Gasteiger partial charge in [-0.05, 0) is 31.0 Å². The molecule has 3 aromatic rings. The van der Waals surface area contributed by atoms with E-state index in [4.69, 9.17) is 4.52 Å². The first kappa shape index (κ1) is 14.6. The maximum atomic E-state index is 12.7. The standard InChI is InChI=1S/C17H17N5O2/c23-17(15-10-16(24-20-15)13-4-1-6-18-11-13)21-8-2-5-14(12-21)22-9-3-7-19-22/h1,3-4,6-7,9-11,14H,2,5,8,12H2/t14-/m0/s1. The highest BCUT2D eigenvalue weighted by Gasteiger charge is 2.27. The lowest BCUT2D eigenvalue weighted by Crippen LogP contribution is -2.41. The molecular formula is C17H17N5O2. The Labute approximate surface area is 138 Å². The minimum atomic E-state index is -0.106. The summed E-state index contributed by atoms with van der Waals surface area (Å²) in [6.45, 7) is 1.36. The van der Waals surface area contributed by atoms with Crippen molar-refractivity contribution < 1.29 is 9.32 Å². The van der Waals surface area contributed by atoms with Crippen LogP contribution in [-0.2, 0) is 0 Å². The maximum Gasteiger partial charge on any atom is 0.276 e. The molecule has 0 aromatic carbocycles. The van der Waals surface area contributed by atoms with Crippen molar-refractivity contribution in [2.24, 2.45) is 0 Å². The first-order valence-corrected chi connectivity index (χ1v) is 7.97. The largest absolute Gasteiger partial charge is 0.355 e. The Balaban J connectivity index is 1.50. The van der Waals surface area contributed by atoms with E-state index in [2.05, 4.69) is 15.2 Å². The average molecular weight is 323 g/mol. The summed E-state index contributed by atoms with van der Waals surface area (Å²) in [4.78, 5) is 18.6. The van der Waals surface area contributed by atoms with Crippen molar-refractivity contribution in [3.8, 4) is 11.3 Å². The molecule has 0 spiro atoms. The van der Waals surface area contributed by atoms with Gasteiger partial charge in [-0.25, -0.2) is 0 Å². The predicted molar refractivity (Wildman–Crippen MR) is 86.1 cm³/mol. The van der Waals surface area contributed by atoms with Crippen LogP contribution in [0.4, 0.5) is 0 Å². The molecule has 24 heavy (non-hydrogen) atoms. The fraction of sp³-hybridized carbons (Fsp3) is 0.294. The lowest BCUT2D eigenvalue weighted by Gasteiger charge is -2.32. The predicted octanol–water partition coefficient (Wildman–Crippen LogP) is 2.41. The van der Waals surface area contributed by atoms with E-state index < -0.39 is 0 Å². The number of rotatable bonds is 3. The van der Waals surface area contributed by atoms with Gasteiger partial charge in [0.15, 0.2) is 11.5 Å². The first-order valence-electron chi connectivity index (χ1n) is 7.97. The van der Waals surface area contributed by atoms with Gasteiger partial charge in [-0.15, -0.1) is 0 Å². The second-order valence-corrected chi connectivity index (χ2v) is 5.85. The number of aromatic nitrogens is 4. The van der Waals surface area contributed by atoms with Crippen LogP contribution in [0, 0.1) is 0 Å². The number of amides is 1. The number of likely N-dealkylation sites (tertiary alicyclic amines) is 1. The number of carbonyl (C=O) groups excluding carboxylic acids is 1. The SMILES string of the molecule is O=C(c1cc(-c2cccnc2)on1)N1CCC[C@H](n2cccn2)C1. The number of carbonyl (C=O) groups is 1. The highest BCUT2D eigenvalue weighted by Crippen LogP contribution is 2.24.